The van der Waals surface area contributed by atoms with Crippen molar-refractivity contribution in [1.29, 1.82) is 0 Å². The highest BCUT2D eigenvalue weighted by atomic mass is 35.5. The number of rotatable bonds is 4. The van der Waals surface area contributed by atoms with Crippen molar-refractivity contribution < 1.29 is 19.4 Å². The maximum Gasteiger partial charge on any atom is 0.274 e. The Morgan fingerprint density at radius 2 is 1.94 bits per heavy atom. The Hall–Kier alpha value is -3.38. The molecule has 2 heterocycles. The number of aromatic nitrogens is 1. The van der Waals surface area contributed by atoms with E-state index >= 15 is 0 Å². The molecule has 0 fully saturated rings. The molecule has 0 spiro atoms. The first-order valence-corrected chi connectivity index (χ1v) is 10.5. The number of nitrogens with one attached hydrogen (secondary N) is 1. The smallest absolute Gasteiger partial charge is 0.274 e. The lowest BCUT2D eigenvalue weighted by Crippen LogP contribution is -2.30. The number of methoxy groups -OCH3 is 2. The van der Waals surface area contributed by atoms with Crippen LogP contribution in [0.25, 0.3) is 21.7 Å². The van der Waals surface area contributed by atoms with Crippen molar-refractivity contribution in [1.82, 2.24) is 4.98 Å². The third kappa shape index (κ3) is 2.90. The summed E-state index contributed by atoms with van der Waals surface area (Å²) in [5.41, 5.74) is 2.80. The van der Waals surface area contributed by atoms with Crippen molar-refractivity contribution in [3.05, 3.63) is 59.8 Å². The molecule has 0 radical (unpaired) electrons. The maximum atomic E-state index is 13.5. The number of fused-ring (bicyclic) bond motifs is 4. The fourth-order valence-corrected chi connectivity index (χ4v) is 4.78. The number of amides is 1. The van der Waals surface area contributed by atoms with Gasteiger partial charge in [0.05, 0.1) is 25.4 Å². The summed E-state index contributed by atoms with van der Waals surface area (Å²) in [5, 5.41) is 13.1. The largest absolute Gasteiger partial charge is 0.507 e. The zero-order valence-corrected chi connectivity index (χ0v) is 17.9. The Balaban J connectivity index is 1.63. The van der Waals surface area contributed by atoms with Gasteiger partial charge in [0.25, 0.3) is 5.91 Å². The molecule has 1 aliphatic rings. The summed E-state index contributed by atoms with van der Waals surface area (Å²) in [5.74, 6) is 1.43. The van der Waals surface area contributed by atoms with Crippen LogP contribution in [0.1, 0.15) is 22.0 Å². The number of alkyl halides is 1. The molecule has 0 bridgehead atoms. The van der Waals surface area contributed by atoms with Crippen LogP contribution in [0.5, 0.6) is 17.2 Å². The van der Waals surface area contributed by atoms with E-state index in [0.29, 0.717) is 40.8 Å². The minimum absolute atomic E-state index is 0.0230. The van der Waals surface area contributed by atoms with Crippen molar-refractivity contribution >= 4 is 44.9 Å². The molecule has 2 N–H and O–H groups in total. The van der Waals surface area contributed by atoms with Gasteiger partial charge in [-0.2, -0.15) is 0 Å². The van der Waals surface area contributed by atoms with E-state index in [1.165, 1.54) is 0 Å². The SMILES string of the molecule is COc1ccc2cc(C(=O)N3C[C@@H](CCl)c4c3cc(O)c3ccccc43)[nH]c2c1OC. The topological polar surface area (TPSA) is 74.8 Å². The van der Waals surface area contributed by atoms with Gasteiger partial charge in [-0.1, -0.05) is 24.3 Å². The molecule has 1 aromatic heterocycles. The minimum atomic E-state index is -0.194. The highest BCUT2D eigenvalue weighted by Crippen LogP contribution is 2.46. The van der Waals surface area contributed by atoms with E-state index in [9.17, 15) is 9.90 Å². The number of H-pyrrole nitrogens is 1. The van der Waals surface area contributed by atoms with Crippen LogP contribution in [0, 0.1) is 0 Å². The highest BCUT2D eigenvalue weighted by molar-refractivity contribution is 6.19. The predicted octanol–water partition coefficient (Wildman–Crippen LogP) is 5.03. The predicted molar refractivity (Wildman–Crippen MR) is 122 cm³/mol. The third-order valence-electron chi connectivity index (χ3n) is 5.94. The van der Waals surface area contributed by atoms with Crippen molar-refractivity contribution in [3.8, 4) is 17.2 Å². The lowest BCUT2D eigenvalue weighted by Gasteiger charge is -2.17. The summed E-state index contributed by atoms with van der Waals surface area (Å²) < 4.78 is 10.9. The number of phenolic OH excluding ortho intramolecular Hbond substituents is 1. The Labute approximate surface area is 183 Å². The Bertz CT molecular complexity index is 1330. The minimum Gasteiger partial charge on any atom is -0.507 e. The van der Waals surface area contributed by atoms with Gasteiger partial charge >= 0.3 is 0 Å². The zero-order valence-electron chi connectivity index (χ0n) is 17.1. The lowest BCUT2D eigenvalue weighted by atomic mass is 9.95. The number of halogens is 1. The summed E-state index contributed by atoms with van der Waals surface area (Å²) >= 11 is 6.29. The van der Waals surface area contributed by atoms with Gasteiger partial charge in [0.15, 0.2) is 11.5 Å². The van der Waals surface area contributed by atoms with E-state index in [0.717, 1.165) is 21.7 Å². The van der Waals surface area contributed by atoms with Gasteiger partial charge in [0, 0.05) is 35.2 Å². The van der Waals surface area contributed by atoms with Gasteiger partial charge in [-0.05, 0) is 29.1 Å². The second kappa shape index (κ2) is 7.39. The second-order valence-electron chi connectivity index (χ2n) is 7.59. The molecule has 5 rings (SSSR count). The van der Waals surface area contributed by atoms with Gasteiger partial charge in [-0.15, -0.1) is 11.6 Å². The quantitative estimate of drug-likeness (QED) is 0.440. The maximum absolute atomic E-state index is 13.5. The molecule has 158 valence electrons. The van der Waals surface area contributed by atoms with Gasteiger partial charge in [-0.3, -0.25) is 4.79 Å². The normalized spacial score (nSPS) is 15.5. The molecule has 1 amide bonds. The number of aromatic amines is 1. The Kier molecular flexibility index (Phi) is 4.67. The number of ether oxygens (including phenoxy) is 2. The van der Waals surface area contributed by atoms with E-state index in [1.807, 2.05) is 36.4 Å². The number of hydrogen-bond acceptors (Lipinski definition) is 4. The van der Waals surface area contributed by atoms with Crippen molar-refractivity contribution in [2.45, 2.75) is 5.92 Å². The third-order valence-corrected chi connectivity index (χ3v) is 6.32. The van der Waals surface area contributed by atoms with Gasteiger partial charge in [0.1, 0.15) is 11.4 Å². The van der Waals surface area contributed by atoms with Crippen LogP contribution in [0.3, 0.4) is 0 Å². The molecule has 0 saturated heterocycles. The van der Waals surface area contributed by atoms with E-state index in [4.69, 9.17) is 21.1 Å². The first-order valence-electron chi connectivity index (χ1n) is 9.93. The number of carbonyl (C=O) groups excluding carboxylic acids is 1. The van der Waals surface area contributed by atoms with Crippen LogP contribution in [0.15, 0.2) is 48.5 Å². The number of benzene rings is 3. The number of carbonyl (C=O) groups is 1. The molecular formula is C24H21ClN2O4. The Morgan fingerprint density at radius 1 is 1.16 bits per heavy atom. The molecule has 0 aliphatic carbocycles. The molecular weight excluding hydrogens is 416 g/mol. The van der Waals surface area contributed by atoms with Crippen molar-refractivity contribution in [3.63, 3.8) is 0 Å². The van der Waals surface area contributed by atoms with Crippen LogP contribution < -0.4 is 14.4 Å². The van der Waals surface area contributed by atoms with E-state index in [2.05, 4.69) is 4.98 Å². The van der Waals surface area contributed by atoms with E-state index in [1.54, 1.807) is 31.3 Å². The molecule has 0 saturated carbocycles. The summed E-state index contributed by atoms with van der Waals surface area (Å²) in [7, 11) is 3.14. The summed E-state index contributed by atoms with van der Waals surface area (Å²) in [4.78, 5) is 18.4. The van der Waals surface area contributed by atoms with Crippen molar-refractivity contribution in [2.75, 3.05) is 31.5 Å². The lowest BCUT2D eigenvalue weighted by molar-refractivity contribution is 0.0984. The highest BCUT2D eigenvalue weighted by Gasteiger charge is 2.35. The van der Waals surface area contributed by atoms with Gasteiger partial charge < -0.3 is 24.5 Å². The fraction of sp³-hybridized carbons (Fsp3) is 0.208. The molecule has 1 atom stereocenters. The molecule has 3 aromatic carbocycles. The molecule has 4 aromatic rings. The molecule has 31 heavy (non-hydrogen) atoms. The number of phenols is 1. The summed E-state index contributed by atoms with van der Waals surface area (Å²) in [6.07, 6.45) is 0. The molecule has 1 aliphatic heterocycles. The standard InChI is InChI=1S/C24H21ClN2O4/c1-30-20-8-7-13-9-17(26-22(13)23(20)31-2)24(29)27-12-14(11-25)21-16-6-4-3-5-15(16)19(28)10-18(21)27/h3-10,14,26,28H,11-12H2,1-2H3/t14-/m1/s1. The fourth-order valence-electron chi connectivity index (χ4n) is 4.52. The number of hydrogen-bond donors (Lipinski definition) is 2. The Morgan fingerprint density at radius 3 is 2.65 bits per heavy atom. The van der Waals surface area contributed by atoms with Crippen LogP contribution >= 0.6 is 11.6 Å². The zero-order chi connectivity index (χ0) is 21.7. The molecule has 7 heteroatoms. The number of aromatic hydroxyl groups is 1. The van der Waals surface area contributed by atoms with Crippen molar-refractivity contribution in [2.24, 2.45) is 0 Å². The number of nitrogens with zero attached hydrogens (tertiary/aromatic N) is 1. The van der Waals surface area contributed by atoms with E-state index < -0.39 is 0 Å². The van der Waals surface area contributed by atoms with Crippen LogP contribution in [0.2, 0.25) is 0 Å². The first-order chi connectivity index (χ1) is 15.1. The van der Waals surface area contributed by atoms with E-state index in [-0.39, 0.29) is 17.6 Å². The van der Waals surface area contributed by atoms with Gasteiger partial charge in [-0.25, -0.2) is 0 Å². The van der Waals surface area contributed by atoms with Gasteiger partial charge in [0.2, 0.25) is 0 Å². The average molecular weight is 437 g/mol. The monoisotopic (exact) mass is 436 g/mol. The first kappa shape index (κ1) is 19.6. The molecule has 0 unspecified atom stereocenters. The van der Waals surface area contributed by atoms with Crippen LogP contribution in [0.4, 0.5) is 5.69 Å². The van der Waals surface area contributed by atoms with Crippen LogP contribution in [-0.4, -0.2) is 42.6 Å². The summed E-state index contributed by atoms with van der Waals surface area (Å²) in [6, 6.07) is 14.8. The number of anilines is 1. The summed E-state index contributed by atoms with van der Waals surface area (Å²) in [6.45, 7) is 0.445. The average Bonchev–Trinajstić information content (AvgIpc) is 3.39. The second-order valence-corrected chi connectivity index (χ2v) is 7.90. The molecule has 6 nitrogen and oxygen atoms in total. The van der Waals surface area contributed by atoms with Crippen LogP contribution in [-0.2, 0) is 0 Å².